The summed E-state index contributed by atoms with van der Waals surface area (Å²) < 4.78 is 18.5. The zero-order chi connectivity index (χ0) is 33.6. The number of oxime groups is 1. The molecule has 0 unspecified atom stereocenters. The summed E-state index contributed by atoms with van der Waals surface area (Å²) in [7, 11) is 1.26. The lowest BCUT2D eigenvalue weighted by Gasteiger charge is -2.49. The van der Waals surface area contributed by atoms with E-state index in [4.69, 9.17) is 33.3 Å². The fourth-order valence-electron chi connectivity index (χ4n) is 5.41. The van der Waals surface area contributed by atoms with Crippen LogP contribution in [0.4, 0.5) is 9.52 Å². The molecule has 0 aliphatic carbocycles. The number of nitrogens with zero attached hydrogens (tertiary/aromatic N) is 5. The fraction of sp³-hybridized carbons (Fsp3) is 0.207. The van der Waals surface area contributed by atoms with Crippen LogP contribution < -0.4 is 21.4 Å². The quantitative estimate of drug-likeness (QED) is 0.0538. The highest BCUT2D eigenvalue weighted by molar-refractivity contribution is 8.00. The highest BCUT2D eigenvalue weighted by Gasteiger charge is 2.54. The number of hydrogen-bond acceptors (Lipinski definition) is 10. The zero-order valence-electron chi connectivity index (χ0n) is 24.4. The molecule has 0 saturated carbocycles. The average molecular weight is 699 g/mol. The number of hydrogen-bond donors (Lipinski definition) is 5. The lowest BCUT2D eigenvalue weighted by atomic mass is 10.0. The largest absolute Gasteiger partial charge is 0.477 e. The molecule has 47 heavy (non-hydrogen) atoms. The van der Waals surface area contributed by atoms with Crippen molar-refractivity contribution in [3.05, 3.63) is 87.2 Å². The van der Waals surface area contributed by atoms with E-state index in [-0.39, 0.29) is 63.1 Å². The van der Waals surface area contributed by atoms with Crippen LogP contribution in [0.25, 0.3) is 10.9 Å². The first kappa shape index (κ1) is 32.0. The van der Waals surface area contributed by atoms with Crippen LogP contribution in [0.3, 0.4) is 0 Å². The summed E-state index contributed by atoms with van der Waals surface area (Å²) in [6, 6.07) is 5.32. The first-order chi connectivity index (χ1) is 22.5. The van der Waals surface area contributed by atoms with Crippen LogP contribution >= 0.6 is 34.7 Å². The van der Waals surface area contributed by atoms with Gasteiger partial charge in [0.25, 0.3) is 11.8 Å². The molecule has 3 aromatic heterocycles. The molecule has 18 heteroatoms. The van der Waals surface area contributed by atoms with Gasteiger partial charge < -0.3 is 31.3 Å². The maximum Gasteiger partial charge on any atom is 0.352 e. The normalized spacial score (nSPS) is 17.8. The number of nitrogen functional groups attached to an aromatic ring is 2. The van der Waals surface area contributed by atoms with Gasteiger partial charge in [0.2, 0.25) is 0 Å². The van der Waals surface area contributed by atoms with E-state index in [2.05, 4.69) is 15.5 Å². The summed E-state index contributed by atoms with van der Waals surface area (Å²) in [5.74, 6) is -3.18. The minimum absolute atomic E-state index is 0.0962. The number of nitrogens with two attached hydrogens (primary N) is 2. The Hall–Kier alpha value is -5.00. The molecule has 1 fully saturated rings. The van der Waals surface area contributed by atoms with E-state index in [1.54, 1.807) is 27.7 Å². The van der Waals surface area contributed by atoms with E-state index in [1.165, 1.54) is 41.3 Å². The molecule has 0 bridgehead atoms. The molecule has 5 heterocycles. The second-order valence-electron chi connectivity index (χ2n) is 10.5. The summed E-state index contributed by atoms with van der Waals surface area (Å²) in [6.07, 6.45) is 5.37. The number of amidine groups is 1. The predicted molar refractivity (Wildman–Crippen MR) is 173 cm³/mol. The smallest absolute Gasteiger partial charge is 0.352 e. The van der Waals surface area contributed by atoms with Gasteiger partial charge in [-0.25, -0.2) is 14.2 Å². The number of benzene rings is 1. The van der Waals surface area contributed by atoms with E-state index < -0.39 is 35.0 Å². The van der Waals surface area contributed by atoms with Gasteiger partial charge in [-0.15, -0.1) is 23.1 Å². The summed E-state index contributed by atoms with van der Waals surface area (Å²) in [5.41, 5.74) is 12.7. The fourth-order valence-corrected chi connectivity index (χ4v) is 7.56. The van der Waals surface area contributed by atoms with Crippen molar-refractivity contribution in [2.75, 3.05) is 18.6 Å². The van der Waals surface area contributed by atoms with Gasteiger partial charge >= 0.3 is 5.97 Å². The Morgan fingerprint density at radius 2 is 2.15 bits per heavy atom. The molecule has 4 aromatic rings. The van der Waals surface area contributed by atoms with Gasteiger partial charge in [-0.05, 0) is 18.2 Å². The van der Waals surface area contributed by atoms with E-state index in [0.717, 1.165) is 22.2 Å². The van der Waals surface area contributed by atoms with Crippen molar-refractivity contribution in [1.29, 1.82) is 5.41 Å². The standard InChI is InChI=1S/C29H25ClFN9O5S2/c1-45-37-21(19-12-47-29(34)35-19)25(41)36-22-26(42)40-23(28(43)44)15(11-46-27(22)40)8-38-4-2-13-3-5-39(20(13)10-38)9-16-17(30)6-14(24(32)33)7-18(16)31/h2-7,10,12,22,27H,8-9,11H2,1H3,(H6-,32,33,34,35,36,41,43,44)/p+1/b37-21-/t22-,27-/m1/s1. The van der Waals surface area contributed by atoms with Gasteiger partial charge in [-0.3, -0.25) is 19.9 Å². The molecule has 0 spiro atoms. The molecular formula is C29H26ClFN9O5S2+. The van der Waals surface area contributed by atoms with Crippen LogP contribution in [0.15, 0.2) is 64.7 Å². The van der Waals surface area contributed by atoms with Gasteiger partial charge in [-0.1, -0.05) is 16.8 Å². The summed E-state index contributed by atoms with van der Waals surface area (Å²) in [6.45, 7) is 0.251. The Balaban J connectivity index is 1.22. The van der Waals surface area contributed by atoms with Gasteiger partial charge in [0.15, 0.2) is 29.8 Å². The van der Waals surface area contributed by atoms with Crippen molar-refractivity contribution in [2.45, 2.75) is 24.5 Å². The van der Waals surface area contributed by atoms with E-state index in [0.29, 0.717) is 5.57 Å². The average Bonchev–Trinajstić information content (AvgIpc) is 3.65. The zero-order valence-corrected chi connectivity index (χ0v) is 26.8. The van der Waals surface area contributed by atoms with E-state index >= 15 is 0 Å². The number of rotatable bonds is 10. The van der Waals surface area contributed by atoms with Crippen molar-refractivity contribution < 1.29 is 33.3 Å². The number of carbonyl (C=O) groups is 3. The third kappa shape index (κ3) is 5.99. The Morgan fingerprint density at radius 3 is 2.81 bits per heavy atom. The third-order valence-electron chi connectivity index (χ3n) is 7.63. The number of halogens is 2. The molecule has 6 rings (SSSR count). The number of β-lactam (4-membered cyclic amide) rings is 1. The lowest BCUT2D eigenvalue weighted by molar-refractivity contribution is -0.687. The molecule has 242 valence electrons. The van der Waals surface area contributed by atoms with Gasteiger partial charge in [0, 0.05) is 50.5 Å². The number of pyridine rings is 1. The SMILES string of the molecule is CO/N=C(\C(=O)N[C@@H]1C(=O)N2C(C(=O)O)=C(C[n+]3ccc4ccn(Cc5c(F)cc(C(=N)N)cc5Cl)c4c3)CS[C@H]12)c1csc(N)n1. The summed E-state index contributed by atoms with van der Waals surface area (Å²) in [5, 5.41) is 26.2. The number of fused-ring (bicyclic) bond motifs is 2. The Kier molecular flexibility index (Phi) is 8.61. The molecule has 7 N–H and O–H groups in total. The number of nitrogens with one attached hydrogen (secondary N) is 2. The van der Waals surface area contributed by atoms with Crippen LogP contribution in [-0.2, 0) is 32.3 Å². The Morgan fingerprint density at radius 1 is 1.36 bits per heavy atom. The molecule has 2 amide bonds. The monoisotopic (exact) mass is 698 g/mol. The molecule has 2 aliphatic rings. The molecule has 0 radical (unpaired) electrons. The molecule has 2 atom stereocenters. The van der Waals surface area contributed by atoms with Crippen molar-refractivity contribution in [1.82, 2.24) is 19.8 Å². The van der Waals surface area contributed by atoms with Crippen LogP contribution in [0, 0.1) is 11.2 Å². The Bertz CT molecular complexity index is 2020. The molecule has 2 aliphatic heterocycles. The first-order valence-corrected chi connectivity index (χ1v) is 16.1. The number of aromatic nitrogens is 3. The van der Waals surface area contributed by atoms with Gasteiger partial charge in [-0.2, -0.15) is 4.57 Å². The van der Waals surface area contributed by atoms with Crippen LogP contribution in [-0.4, -0.2) is 73.2 Å². The highest BCUT2D eigenvalue weighted by Crippen LogP contribution is 2.40. The number of anilines is 1. The van der Waals surface area contributed by atoms with Crippen molar-refractivity contribution in [2.24, 2.45) is 10.9 Å². The van der Waals surface area contributed by atoms with Gasteiger partial charge in [0.1, 0.15) is 47.1 Å². The summed E-state index contributed by atoms with van der Waals surface area (Å²) >= 11 is 8.77. The number of carboxylic acid groups (broad SMARTS) is 1. The van der Waals surface area contributed by atoms with E-state index in [9.17, 15) is 23.9 Å². The lowest BCUT2D eigenvalue weighted by Crippen LogP contribution is -2.71. The topological polar surface area (TPSA) is 206 Å². The highest BCUT2D eigenvalue weighted by atomic mass is 35.5. The second kappa shape index (κ2) is 12.7. The van der Waals surface area contributed by atoms with E-state index in [1.807, 2.05) is 12.1 Å². The maximum absolute atomic E-state index is 14.9. The predicted octanol–water partition coefficient (Wildman–Crippen LogP) is 1.88. The number of amides is 2. The third-order valence-corrected chi connectivity index (χ3v) is 9.98. The van der Waals surface area contributed by atoms with Crippen LogP contribution in [0.1, 0.15) is 16.8 Å². The first-order valence-electron chi connectivity index (χ1n) is 13.8. The van der Waals surface area contributed by atoms with Crippen LogP contribution in [0.2, 0.25) is 5.02 Å². The summed E-state index contributed by atoms with van der Waals surface area (Å²) in [4.78, 5) is 48.8. The molecule has 14 nitrogen and oxygen atoms in total. The second-order valence-corrected chi connectivity index (χ2v) is 12.9. The number of carboxylic acids is 1. The number of aliphatic carboxylic acids is 1. The van der Waals surface area contributed by atoms with Crippen molar-refractivity contribution in [3.8, 4) is 0 Å². The molecule has 1 aromatic carbocycles. The minimum Gasteiger partial charge on any atom is -0.477 e. The van der Waals surface area contributed by atoms with Crippen LogP contribution in [0.5, 0.6) is 0 Å². The number of thioether (sulfide) groups is 1. The van der Waals surface area contributed by atoms with Crippen molar-refractivity contribution >= 4 is 80.1 Å². The molecular weight excluding hydrogens is 673 g/mol. The van der Waals surface area contributed by atoms with Crippen molar-refractivity contribution in [3.63, 3.8) is 0 Å². The van der Waals surface area contributed by atoms with Gasteiger partial charge in [0.05, 0.1) is 6.54 Å². The maximum atomic E-state index is 14.9. The number of carbonyl (C=O) groups excluding carboxylic acids is 2. The number of thiazole rings is 1. The Labute approximate surface area is 278 Å². The molecule has 1 saturated heterocycles. The minimum atomic E-state index is -1.27.